The number of hydrogen-bond donors (Lipinski definition) is 1. The number of sulfonamides is 1. The number of nitrogens with one attached hydrogen (secondary N) is 1. The molecule has 0 aliphatic carbocycles. The van der Waals surface area contributed by atoms with E-state index in [0.717, 1.165) is 15.6 Å². The summed E-state index contributed by atoms with van der Waals surface area (Å²) in [4.78, 5) is 0.272. The fraction of sp³-hybridized carbons (Fsp3) is 0.143. The average molecular weight is 419 g/mol. The normalized spacial score (nSPS) is 11.5. The lowest BCUT2D eigenvalue weighted by molar-refractivity contribution is 0.581. The highest BCUT2D eigenvalue weighted by molar-refractivity contribution is 9.10. The van der Waals surface area contributed by atoms with Crippen LogP contribution < -0.4 is 4.72 Å². The van der Waals surface area contributed by atoms with Crippen LogP contribution in [0.2, 0.25) is 0 Å². The van der Waals surface area contributed by atoms with Gasteiger partial charge in [-0.25, -0.2) is 13.1 Å². The van der Waals surface area contributed by atoms with E-state index in [4.69, 9.17) is 0 Å². The summed E-state index contributed by atoms with van der Waals surface area (Å²) in [5, 5.41) is 0.706. The second kappa shape index (κ2) is 6.85. The van der Waals surface area contributed by atoms with Crippen LogP contribution >= 0.6 is 31.9 Å². The molecular weight excluding hydrogens is 406 g/mol. The molecule has 0 atom stereocenters. The Morgan fingerprint density at radius 3 is 2.25 bits per heavy atom. The predicted molar refractivity (Wildman–Crippen MR) is 87.2 cm³/mol. The van der Waals surface area contributed by atoms with Crippen molar-refractivity contribution in [1.82, 2.24) is 4.72 Å². The summed E-state index contributed by atoms with van der Waals surface area (Å²) in [6.45, 7) is 0.254. The Bertz CT molecular complexity index is 685. The minimum Gasteiger partial charge on any atom is -0.207 e. The van der Waals surface area contributed by atoms with Crippen LogP contribution in [0.15, 0.2) is 57.9 Å². The maximum atomic E-state index is 12.2. The average Bonchev–Trinajstić information content (AvgIpc) is 2.46. The molecule has 106 valence electrons. The van der Waals surface area contributed by atoms with E-state index in [1.165, 1.54) is 0 Å². The van der Waals surface area contributed by atoms with Crippen LogP contribution in [0.3, 0.4) is 0 Å². The SMILES string of the molecule is O=S(=O)(NCc1ccccc1Br)c1ccc(CBr)cc1. The van der Waals surface area contributed by atoms with Gasteiger partial charge in [0.1, 0.15) is 0 Å². The van der Waals surface area contributed by atoms with Crippen molar-refractivity contribution >= 4 is 41.9 Å². The molecule has 0 bridgehead atoms. The van der Waals surface area contributed by atoms with E-state index in [1.807, 2.05) is 24.3 Å². The summed E-state index contributed by atoms with van der Waals surface area (Å²) in [5.41, 5.74) is 1.93. The second-order valence-electron chi connectivity index (χ2n) is 4.19. The Hall–Kier alpha value is -0.690. The van der Waals surface area contributed by atoms with Gasteiger partial charge in [-0.1, -0.05) is 62.2 Å². The van der Waals surface area contributed by atoms with Crippen molar-refractivity contribution in [1.29, 1.82) is 0 Å². The molecule has 0 aliphatic rings. The Labute approximate surface area is 135 Å². The number of rotatable bonds is 5. The minimum absolute atomic E-state index is 0.254. The fourth-order valence-electron chi connectivity index (χ4n) is 1.66. The molecule has 3 nitrogen and oxygen atoms in total. The Morgan fingerprint density at radius 1 is 1.00 bits per heavy atom. The molecule has 0 amide bonds. The third kappa shape index (κ3) is 3.91. The lowest BCUT2D eigenvalue weighted by atomic mass is 10.2. The van der Waals surface area contributed by atoms with Gasteiger partial charge in [0, 0.05) is 16.3 Å². The lowest BCUT2D eigenvalue weighted by Gasteiger charge is -2.08. The molecule has 0 spiro atoms. The van der Waals surface area contributed by atoms with Crippen LogP contribution in [0.25, 0.3) is 0 Å². The van der Waals surface area contributed by atoms with Gasteiger partial charge in [0.25, 0.3) is 0 Å². The van der Waals surface area contributed by atoms with Crippen LogP contribution in [0, 0.1) is 0 Å². The highest BCUT2D eigenvalue weighted by Crippen LogP contribution is 2.17. The zero-order chi connectivity index (χ0) is 14.6. The summed E-state index contributed by atoms with van der Waals surface area (Å²) < 4.78 is 27.8. The van der Waals surface area contributed by atoms with E-state index < -0.39 is 10.0 Å². The molecule has 0 saturated carbocycles. The van der Waals surface area contributed by atoms with E-state index in [2.05, 4.69) is 36.6 Å². The fourth-order valence-corrected chi connectivity index (χ4v) is 3.46. The van der Waals surface area contributed by atoms with Crippen molar-refractivity contribution in [2.24, 2.45) is 0 Å². The highest BCUT2D eigenvalue weighted by Gasteiger charge is 2.13. The number of halogens is 2. The quantitative estimate of drug-likeness (QED) is 0.750. The van der Waals surface area contributed by atoms with Crippen molar-refractivity contribution in [3.63, 3.8) is 0 Å². The first-order valence-electron chi connectivity index (χ1n) is 5.91. The van der Waals surface area contributed by atoms with E-state index in [1.54, 1.807) is 24.3 Å². The zero-order valence-electron chi connectivity index (χ0n) is 10.5. The third-order valence-electron chi connectivity index (χ3n) is 2.80. The van der Waals surface area contributed by atoms with Gasteiger partial charge in [0.05, 0.1) is 4.90 Å². The Kier molecular flexibility index (Phi) is 5.37. The smallest absolute Gasteiger partial charge is 0.207 e. The van der Waals surface area contributed by atoms with E-state index in [0.29, 0.717) is 5.33 Å². The molecule has 0 fully saturated rings. The summed E-state index contributed by atoms with van der Waals surface area (Å²) in [6.07, 6.45) is 0. The van der Waals surface area contributed by atoms with Crippen molar-refractivity contribution < 1.29 is 8.42 Å². The minimum atomic E-state index is -3.49. The molecule has 20 heavy (non-hydrogen) atoms. The van der Waals surface area contributed by atoms with Crippen molar-refractivity contribution in [3.8, 4) is 0 Å². The first kappa shape index (κ1) is 15.7. The number of benzene rings is 2. The Morgan fingerprint density at radius 2 is 1.65 bits per heavy atom. The van der Waals surface area contributed by atoms with E-state index >= 15 is 0 Å². The topological polar surface area (TPSA) is 46.2 Å². The van der Waals surface area contributed by atoms with Gasteiger partial charge in [0.2, 0.25) is 10.0 Å². The van der Waals surface area contributed by atoms with E-state index in [-0.39, 0.29) is 11.4 Å². The molecule has 1 N–H and O–H groups in total. The van der Waals surface area contributed by atoms with Crippen molar-refractivity contribution in [2.75, 3.05) is 0 Å². The Balaban J connectivity index is 2.13. The standard InChI is InChI=1S/C14H13Br2NO2S/c15-9-11-5-7-13(8-6-11)20(18,19)17-10-12-3-1-2-4-14(12)16/h1-8,17H,9-10H2. The van der Waals surface area contributed by atoms with E-state index in [9.17, 15) is 8.42 Å². The van der Waals surface area contributed by atoms with Gasteiger partial charge >= 0.3 is 0 Å². The molecule has 0 heterocycles. The summed E-state index contributed by atoms with van der Waals surface area (Å²) in [5.74, 6) is 0. The second-order valence-corrected chi connectivity index (χ2v) is 7.38. The molecule has 0 aliphatic heterocycles. The van der Waals surface area contributed by atoms with Gasteiger partial charge in [0.15, 0.2) is 0 Å². The molecule has 2 aromatic carbocycles. The maximum absolute atomic E-state index is 12.2. The molecule has 2 aromatic rings. The third-order valence-corrected chi connectivity index (χ3v) is 5.64. The predicted octanol–water partition coefficient (Wildman–Crippen LogP) is 3.82. The maximum Gasteiger partial charge on any atom is 0.240 e. The number of alkyl halides is 1. The summed E-state index contributed by atoms with van der Waals surface area (Å²) >= 11 is 6.73. The largest absolute Gasteiger partial charge is 0.240 e. The molecule has 2 rings (SSSR count). The first-order chi connectivity index (χ1) is 9.53. The molecule has 0 saturated heterocycles. The molecule has 0 unspecified atom stereocenters. The zero-order valence-corrected chi connectivity index (χ0v) is 14.5. The van der Waals surface area contributed by atoms with Crippen LogP contribution in [0.5, 0.6) is 0 Å². The van der Waals surface area contributed by atoms with Crippen LogP contribution in [0.1, 0.15) is 11.1 Å². The summed E-state index contributed by atoms with van der Waals surface area (Å²) in [7, 11) is -3.49. The highest BCUT2D eigenvalue weighted by atomic mass is 79.9. The van der Waals surface area contributed by atoms with Gasteiger partial charge in [-0.2, -0.15) is 0 Å². The molecular formula is C14H13Br2NO2S. The summed E-state index contributed by atoms with van der Waals surface area (Å²) in [6, 6.07) is 14.3. The molecule has 6 heteroatoms. The van der Waals surface area contributed by atoms with Crippen molar-refractivity contribution in [3.05, 3.63) is 64.1 Å². The first-order valence-corrected chi connectivity index (χ1v) is 9.30. The number of hydrogen-bond acceptors (Lipinski definition) is 2. The van der Waals surface area contributed by atoms with Gasteiger partial charge in [-0.3, -0.25) is 0 Å². The lowest BCUT2D eigenvalue weighted by Crippen LogP contribution is -2.23. The van der Waals surface area contributed by atoms with Crippen LogP contribution in [0.4, 0.5) is 0 Å². The van der Waals surface area contributed by atoms with Gasteiger partial charge < -0.3 is 0 Å². The van der Waals surface area contributed by atoms with Crippen LogP contribution in [-0.4, -0.2) is 8.42 Å². The van der Waals surface area contributed by atoms with Gasteiger partial charge in [-0.15, -0.1) is 0 Å². The monoisotopic (exact) mass is 417 g/mol. The molecule has 0 radical (unpaired) electrons. The molecule has 0 aromatic heterocycles. The van der Waals surface area contributed by atoms with Crippen molar-refractivity contribution in [2.45, 2.75) is 16.8 Å². The van der Waals surface area contributed by atoms with Crippen LogP contribution in [-0.2, 0) is 21.9 Å². The van der Waals surface area contributed by atoms with Gasteiger partial charge in [-0.05, 0) is 29.3 Å².